The van der Waals surface area contributed by atoms with Gasteiger partial charge in [-0.3, -0.25) is 4.79 Å². The number of nitrogens with one attached hydrogen (secondary N) is 1. The Kier molecular flexibility index (Phi) is 5.70. The van der Waals surface area contributed by atoms with Gasteiger partial charge in [0.15, 0.2) is 0 Å². The van der Waals surface area contributed by atoms with E-state index >= 15 is 0 Å². The van der Waals surface area contributed by atoms with Crippen molar-refractivity contribution in [2.24, 2.45) is 0 Å². The average Bonchev–Trinajstić information content (AvgIpc) is 2.80. The first-order valence-corrected chi connectivity index (χ1v) is 9.87. The second-order valence-electron chi connectivity index (χ2n) is 7.05. The number of methoxy groups -OCH3 is 1. The molecule has 1 aromatic heterocycles. The lowest BCUT2D eigenvalue weighted by atomic mass is 10.1. The smallest absolute Gasteiger partial charge is 0.255 e. The second-order valence-corrected chi connectivity index (χ2v) is 7.05. The number of rotatable bonds is 5. The van der Waals surface area contributed by atoms with Crippen molar-refractivity contribution in [2.75, 3.05) is 30.4 Å². The Bertz CT molecular complexity index is 965. The Morgan fingerprint density at radius 2 is 1.69 bits per heavy atom. The van der Waals surface area contributed by atoms with Gasteiger partial charge in [-0.2, -0.15) is 0 Å². The van der Waals surface area contributed by atoms with Gasteiger partial charge in [-0.15, -0.1) is 0 Å². The van der Waals surface area contributed by atoms with E-state index in [4.69, 9.17) is 9.72 Å². The molecule has 2 aromatic carbocycles. The summed E-state index contributed by atoms with van der Waals surface area (Å²) in [5, 5.41) is 2.89. The van der Waals surface area contributed by atoms with Gasteiger partial charge < -0.3 is 15.0 Å². The fourth-order valence-electron chi connectivity index (χ4n) is 3.43. The van der Waals surface area contributed by atoms with Crippen LogP contribution in [0.1, 0.15) is 29.6 Å². The first kappa shape index (κ1) is 18.9. The third kappa shape index (κ3) is 4.54. The van der Waals surface area contributed by atoms with E-state index in [1.54, 1.807) is 13.3 Å². The molecule has 1 saturated heterocycles. The van der Waals surface area contributed by atoms with Gasteiger partial charge in [0.25, 0.3) is 5.91 Å². The minimum atomic E-state index is -0.154. The van der Waals surface area contributed by atoms with Crippen LogP contribution in [0.3, 0.4) is 0 Å². The number of anilines is 2. The molecular weight excluding hydrogens is 364 g/mol. The summed E-state index contributed by atoms with van der Waals surface area (Å²) in [7, 11) is 1.61. The van der Waals surface area contributed by atoms with E-state index in [1.807, 2.05) is 54.6 Å². The molecule has 1 aliphatic rings. The predicted molar refractivity (Wildman–Crippen MR) is 114 cm³/mol. The molecule has 0 unspecified atom stereocenters. The maximum Gasteiger partial charge on any atom is 0.255 e. The molecule has 4 rings (SSSR count). The summed E-state index contributed by atoms with van der Waals surface area (Å²) in [6.07, 6.45) is 5.45. The third-order valence-corrected chi connectivity index (χ3v) is 5.07. The van der Waals surface area contributed by atoms with E-state index in [-0.39, 0.29) is 5.91 Å². The zero-order valence-corrected chi connectivity index (χ0v) is 16.5. The summed E-state index contributed by atoms with van der Waals surface area (Å²) in [5.74, 6) is 1.38. The van der Waals surface area contributed by atoms with Crippen LogP contribution in [0.2, 0.25) is 0 Å². The molecule has 1 amide bonds. The second kappa shape index (κ2) is 8.73. The molecular formula is C23H24N4O2. The van der Waals surface area contributed by atoms with Gasteiger partial charge in [0.05, 0.1) is 12.8 Å². The normalized spacial score (nSPS) is 13.8. The Morgan fingerprint density at radius 3 is 2.38 bits per heavy atom. The number of amides is 1. The zero-order chi connectivity index (χ0) is 20.1. The minimum absolute atomic E-state index is 0.154. The molecule has 0 bridgehead atoms. The summed E-state index contributed by atoms with van der Waals surface area (Å²) < 4.78 is 5.13. The van der Waals surface area contributed by atoms with Crippen molar-refractivity contribution < 1.29 is 9.53 Å². The molecule has 0 saturated carbocycles. The zero-order valence-electron chi connectivity index (χ0n) is 16.5. The summed E-state index contributed by atoms with van der Waals surface area (Å²) in [6, 6.07) is 16.6. The van der Waals surface area contributed by atoms with Crippen molar-refractivity contribution >= 4 is 17.5 Å². The van der Waals surface area contributed by atoms with E-state index in [2.05, 4.69) is 15.2 Å². The molecule has 1 fully saturated rings. The number of aromatic nitrogens is 2. The van der Waals surface area contributed by atoms with Crippen molar-refractivity contribution in [2.45, 2.75) is 19.3 Å². The first-order chi connectivity index (χ1) is 14.2. The van der Waals surface area contributed by atoms with E-state index < -0.39 is 0 Å². The molecule has 1 aliphatic heterocycles. The lowest BCUT2D eigenvalue weighted by molar-refractivity contribution is 0.102. The Labute approximate surface area is 170 Å². The Balaban J connectivity index is 1.46. The number of piperidine rings is 1. The van der Waals surface area contributed by atoms with Crippen LogP contribution < -0.4 is 15.0 Å². The summed E-state index contributed by atoms with van der Waals surface area (Å²) in [6.45, 7) is 2.02. The average molecular weight is 388 g/mol. The Morgan fingerprint density at radius 1 is 0.966 bits per heavy atom. The molecule has 2 heterocycles. The fraction of sp³-hybridized carbons (Fsp3) is 0.261. The molecule has 0 atom stereocenters. The van der Waals surface area contributed by atoms with Crippen molar-refractivity contribution in [3.63, 3.8) is 0 Å². The lowest BCUT2D eigenvalue weighted by Gasteiger charge is -2.26. The van der Waals surface area contributed by atoms with E-state index in [1.165, 1.54) is 19.3 Å². The van der Waals surface area contributed by atoms with Crippen LogP contribution in [0.25, 0.3) is 11.3 Å². The number of hydrogen-bond acceptors (Lipinski definition) is 5. The van der Waals surface area contributed by atoms with E-state index in [9.17, 15) is 4.79 Å². The number of nitrogens with zero attached hydrogens (tertiary/aromatic N) is 3. The number of carbonyl (C=O) groups excluding carboxylic acids is 1. The van der Waals surface area contributed by atoms with Gasteiger partial charge in [0, 0.05) is 36.1 Å². The van der Waals surface area contributed by atoms with Gasteiger partial charge in [-0.25, -0.2) is 9.97 Å². The first-order valence-electron chi connectivity index (χ1n) is 9.87. The number of hydrogen-bond donors (Lipinski definition) is 1. The highest BCUT2D eigenvalue weighted by Gasteiger charge is 2.14. The SMILES string of the molecule is COc1ccc(NC(=O)c2ccc(-c3ccnc(N4CCCCC4)n3)cc2)cc1. The van der Waals surface area contributed by atoms with Gasteiger partial charge in [0.2, 0.25) is 5.95 Å². The van der Waals surface area contributed by atoms with Gasteiger partial charge in [0.1, 0.15) is 5.75 Å². The van der Waals surface area contributed by atoms with Crippen LogP contribution in [-0.4, -0.2) is 36.1 Å². The topological polar surface area (TPSA) is 67.3 Å². The number of benzene rings is 2. The third-order valence-electron chi connectivity index (χ3n) is 5.07. The molecule has 0 aliphatic carbocycles. The standard InChI is InChI=1S/C23H24N4O2/c1-29-20-11-9-19(10-12-20)25-22(28)18-7-5-17(6-8-18)21-13-14-24-23(26-21)27-15-3-2-4-16-27/h5-14H,2-4,15-16H2,1H3,(H,25,28). The molecule has 3 aromatic rings. The van der Waals surface area contributed by atoms with E-state index in [0.717, 1.165) is 41.7 Å². The van der Waals surface area contributed by atoms with Gasteiger partial charge in [-0.05, 0) is 61.7 Å². The molecule has 0 spiro atoms. The lowest BCUT2D eigenvalue weighted by Crippen LogP contribution is -2.30. The van der Waals surface area contributed by atoms with Gasteiger partial charge in [-0.1, -0.05) is 12.1 Å². The summed E-state index contributed by atoms with van der Waals surface area (Å²) in [4.78, 5) is 23.9. The summed E-state index contributed by atoms with van der Waals surface area (Å²) >= 11 is 0. The van der Waals surface area contributed by atoms with Crippen LogP contribution in [0.15, 0.2) is 60.8 Å². The van der Waals surface area contributed by atoms with Gasteiger partial charge >= 0.3 is 0 Å². The maximum absolute atomic E-state index is 12.5. The highest BCUT2D eigenvalue weighted by molar-refractivity contribution is 6.04. The predicted octanol–water partition coefficient (Wildman–Crippen LogP) is 4.39. The maximum atomic E-state index is 12.5. The number of carbonyl (C=O) groups is 1. The highest BCUT2D eigenvalue weighted by Crippen LogP contribution is 2.22. The number of ether oxygens (including phenoxy) is 1. The molecule has 29 heavy (non-hydrogen) atoms. The monoisotopic (exact) mass is 388 g/mol. The molecule has 148 valence electrons. The molecule has 0 radical (unpaired) electrons. The van der Waals surface area contributed by atoms with Crippen LogP contribution in [-0.2, 0) is 0 Å². The molecule has 1 N–H and O–H groups in total. The molecule has 6 heteroatoms. The highest BCUT2D eigenvalue weighted by atomic mass is 16.5. The van der Waals surface area contributed by atoms with Crippen molar-refractivity contribution in [1.29, 1.82) is 0 Å². The van der Waals surface area contributed by atoms with Crippen molar-refractivity contribution in [1.82, 2.24) is 9.97 Å². The Hall–Kier alpha value is -3.41. The van der Waals surface area contributed by atoms with Crippen LogP contribution in [0, 0.1) is 0 Å². The largest absolute Gasteiger partial charge is 0.497 e. The van der Waals surface area contributed by atoms with Crippen molar-refractivity contribution in [3.05, 3.63) is 66.4 Å². The van der Waals surface area contributed by atoms with E-state index in [0.29, 0.717) is 5.56 Å². The van der Waals surface area contributed by atoms with Crippen molar-refractivity contribution in [3.8, 4) is 17.0 Å². The van der Waals surface area contributed by atoms with Crippen LogP contribution in [0.4, 0.5) is 11.6 Å². The minimum Gasteiger partial charge on any atom is -0.497 e. The molecule has 6 nitrogen and oxygen atoms in total. The summed E-state index contributed by atoms with van der Waals surface area (Å²) in [5.41, 5.74) is 3.14. The quantitative estimate of drug-likeness (QED) is 0.702. The van der Waals surface area contributed by atoms with Crippen LogP contribution >= 0.6 is 0 Å². The fourth-order valence-corrected chi connectivity index (χ4v) is 3.43. The van der Waals surface area contributed by atoms with Crippen LogP contribution in [0.5, 0.6) is 5.75 Å².